The van der Waals surface area contributed by atoms with Crippen LogP contribution in [0.25, 0.3) is 0 Å². The summed E-state index contributed by atoms with van der Waals surface area (Å²) in [7, 11) is -1.04. The quantitative estimate of drug-likeness (QED) is 0.816. The van der Waals surface area contributed by atoms with Crippen LogP contribution in [0.2, 0.25) is 0 Å². The van der Waals surface area contributed by atoms with Gasteiger partial charge in [-0.1, -0.05) is 23.4 Å². The number of hydrogen-bond donors (Lipinski definition) is 0. The number of nitrogens with zero attached hydrogens (tertiary/aromatic N) is 1. The maximum atomic E-state index is 12.1. The molecule has 0 saturated heterocycles. The molecule has 0 saturated carbocycles. The molecule has 2 rings (SSSR count). The van der Waals surface area contributed by atoms with Crippen LogP contribution in [0.3, 0.4) is 0 Å². The van der Waals surface area contributed by atoms with Gasteiger partial charge in [0.25, 0.3) is 0 Å². The van der Waals surface area contributed by atoms with Gasteiger partial charge in [0.15, 0.2) is 0 Å². The molecule has 1 atom stereocenters. The predicted molar refractivity (Wildman–Crippen MR) is 74.4 cm³/mol. The monoisotopic (exact) mass is 279 g/mol. The molecule has 0 bridgehead atoms. The van der Waals surface area contributed by atoms with E-state index in [0.717, 1.165) is 17.0 Å². The lowest BCUT2D eigenvalue weighted by molar-refractivity contribution is 0.337. The van der Waals surface area contributed by atoms with E-state index >= 15 is 0 Å². The molecule has 1 unspecified atom stereocenters. The minimum absolute atomic E-state index is 0.376. The molecule has 19 heavy (non-hydrogen) atoms. The van der Waals surface area contributed by atoms with Gasteiger partial charge in [-0.05, 0) is 19.9 Å². The zero-order chi connectivity index (χ0) is 13.7. The lowest BCUT2D eigenvalue weighted by Gasteiger charge is -2.09. The van der Waals surface area contributed by atoms with E-state index in [2.05, 4.69) is 5.16 Å². The summed E-state index contributed by atoms with van der Waals surface area (Å²) in [5, 5.41) is 3.79. The van der Waals surface area contributed by atoms with Crippen LogP contribution < -0.4 is 4.74 Å². The zero-order valence-corrected chi connectivity index (χ0v) is 11.9. The summed E-state index contributed by atoms with van der Waals surface area (Å²) < 4.78 is 22.7. The Balaban J connectivity index is 2.02. The van der Waals surface area contributed by atoms with Crippen molar-refractivity contribution in [3.8, 4) is 5.75 Å². The fraction of sp³-hybridized carbons (Fsp3) is 0.357. The van der Waals surface area contributed by atoms with Crippen LogP contribution in [-0.2, 0) is 22.3 Å². The number of ether oxygens (including phenoxy) is 1. The van der Waals surface area contributed by atoms with E-state index in [1.54, 1.807) is 0 Å². The Morgan fingerprint density at radius 2 is 2.11 bits per heavy atom. The van der Waals surface area contributed by atoms with Crippen molar-refractivity contribution >= 4 is 10.8 Å². The highest BCUT2D eigenvalue weighted by Crippen LogP contribution is 2.20. The summed E-state index contributed by atoms with van der Waals surface area (Å²) in [6, 6.07) is 9.49. The van der Waals surface area contributed by atoms with Gasteiger partial charge in [-0.25, -0.2) is 0 Å². The van der Waals surface area contributed by atoms with Crippen LogP contribution in [0.1, 0.15) is 23.9 Å². The Kier molecular flexibility index (Phi) is 4.74. The van der Waals surface area contributed by atoms with Crippen molar-refractivity contribution < 1.29 is 13.5 Å². The fourth-order valence-electron chi connectivity index (χ4n) is 1.79. The molecule has 0 aliphatic carbocycles. The lowest BCUT2D eigenvalue weighted by Crippen LogP contribution is -2.02. The lowest BCUT2D eigenvalue weighted by atomic mass is 10.2. The molecule has 1 aromatic carbocycles. The van der Waals surface area contributed by atoms with Crippen molar-refractivity contribution in [2.45, 2.75) is 25.4 Å². The maximum Gasteiger partial charge on any atom is 0.149 e. The molecular formula is C14H17NO3S. The molecule has 5 heteroatoms. The van der Waals surface area contributed by atoms with Crippen molar-refractivity contribution in [2.24, 2.45) is 0 Å². The molecule has 0 spiro atoms. The topological polar surface area (TPSA) is 52.3 Å². The average Bonchev–Trinajstić information content (AvgIpc) is 2.77. The number of aryl methyl sites for hydroxylation is 1. The molecule has 0 aliphatic heterocycles. The van der Waals surface area contributed by atoms with Crippen molar-refractivity contribution in [3.05, 3.63) is 47.3 Å². The normalized spacial score (nSPS) is 12.3. The minimum atomic E-state index is -1.04. The van der Waals surface area contributed by atoms with E-state index in [9.17, 15) is 4.21 Å². The third-order valence-corrected chi connectivity index (χ3v) is 3.81. The van der Waals surface area contributed by atoms with E-state index in [1.165, 1.54) is 0 Å². The largest absolute Gasteiger partial charge is 0.494 e. The summed E-state index contributed by atoms with van der Waals surface area (Å²) in [5.74, 6) is 2.29. The third-order valence-electron chi connectivity index (χ3n) is 2.57. The Labute approximate surface area is 115 Å². The van der Waals surface area contributed by atoms with Crippen molar-refractivity contribution in [1.29, 1.82) is 0 Å². The molecule has 0 aliphatic rings. The van der Waals surface area contributed by atoms with Crippen molar-refractivity contribution in [3.63, 3.8) is 0 Å². The molecule has 4 nitrogen and oxygen atoms in total. The van der Waals surface area contributed by atoms with Crippen LogP contribution in [0, 0.1) is 6.92 Å². The van der Waals surface area contributed by atoms with E-state index in [4.69, 9.17) is 9.26 Å². The summed E-state index contributed by atoms with van der Waals surface area (Å²) in [6.45, 7) is 4.39. The van der Waals surface area contributed by atoms with Gasteiger partial charge in [0, 0.05) is 22.4 Å². The molecule has 0 N–H and O–H groups in total. The van der Waals surface area contributed by atoms with Gasteiger partial charge in [0.2, 0.25) is 0 Å². The zero-order valence-electron chi connectivity index (χ0n) is 11.1. The van der Waals surface area contributed by atoms with Crippen LogP contribution in [-0.4, -0.2) is 16.0 Å². The highest BCUT2D eigenvalue weighted by molar-refractivity contribution is 7.83. The van der Waals surface area contributed by atoms with Gasteiger partial charge in [-0.15, -0.1) is 0 Å². The van der Waals surface area contributed by atoms with Gasteiger partial charge in [-0.2, -0.15) is 0 Å². The van der Waals surface area contributed by atoms with E-state index in [1.807, 2.05) is 44.2 Å². The van der Waals surface area contributed by atoms with E-state index in [0.29, 0.717) is 23.9 Å². The number of aromatic nitrogens is 1. The average molecular weight is 279 g/mol. The van der Waals surface area contributed by atoms with Crippen LogP contribution >= 0.6 is 0 Å². The van der Waals surface area contributed by atoms with Crippen LogP contribution in [0.4, 0.5) is 0 Å². The van der Waals surface area contributed by atoms with Gasteiger partial charge in [-0.3, -0.25) is 4.21 Å². The molecule has 0 fully saturated rings. The minimum Gasteiger partial charge on any atom is -0.494 e. The Hall–Kier alpha value is -1.62. The maximum absolute atomic E-state index is 12.1. The molecule has 1 heterocycles. The van der Waals surface area contributed by atoms with Crippen molar-refractivity contribution in [2.75, 3.05) is 6.61 Å². The second-order valence-corrected chi connectivity index (χ2v) is 5.66. The Bertz CT molecular complexity index is 565. The first-order valence-electron chi connectivity index (χ1n) is 6.17. The standard InChI is InChI=1S/C14H17NO3S/c1-3-17-14-7-5-4-6-12(14)9-19(16)10-13-8-11(2)15-18-13/h4-8H,3,9-10H2,1-2H3. The highest BCUT2D eigenvalue weighted by atomic mass is 32.2. The van der Waals surface area contributed by atoms with Gasteiger partial charge >= 0.3 is 0 Å². The smallest absolute Gasteiger partial charge is 0.149 e. The first kappa shape index (κ1) is 13.8. The molecule has 0 amide bonds. The van der Waals surface area contributed by atoms with Crippen LogP contribution in [0.5, 0.6) is 5.75 Å². The summed E-state index contributed by atoms with van der Waals surface area (Å²) in [5.41, 5.74) is 1.76. The van der Waals surface area contributed by atoms with E-state index < -0.39 is 10.8 Å². The Morgan fingerprint density at radius 3 is 2.79 bits per heavy atom. The van der Waals surface area contributed by atoms with E-state index in [-0.39, 0.29) is 0 Å². The van der Waals surface area contributed by atoms with Gasteiger partial charge in [0.1, 0.15) is 11.5 Å². The highest BCUT2D eigenvalue weighted by Gasteiger charge is 2.10. The third kappa shape index (κ3) is 3.92. The molecule has 2 aromatic rings. The number of hydrogen-bond acceptors (Lipinski definition) is 4. The first-order chi connectivity index (χ1) is 9.19. The summed E-state index contributed by atoms with van der Waals surface area (Å²) in [6.07, 6.45) is 0. The fourth-order valence-corrected chi connectivity index (χ4v) is 2.93. The van der Waals surface area contributed by atoms with Crippen LogP contribution in [0.15, 0.2) is 34.9 Å². The van der Waals surface area contributed by atoms with Gasteiger partial charge in [0.05, 0.1) is 23.8 Å². The number of para-hydroxylation sites is 1. The summed E-state index contributed by atoms with van der Waals surface area (Å²) in [4.78, 5) is 0. The number of rotatable bonds is 6. The van der Waals surface area contributed by atoms with Crippen molar-refractivity contribution in [1.82, 2.24) is 5.16 Å². The predicted octanol–water partition coefficient (Wildman–Crippen LogP) is 2.83. The molecular weight excluding hydrogens is 262 g/mol. The summed E-state index contributed by atoms with van der Waals surface area (Å²) >= 11 is 0. The number of benzene rings is 1. The molecule has 1 aromatic heterocycles. The molecule has 0 radical (unpaired) electrons. The van der Waals surface area contributed by atoms with Gasteiger partial charge < -0.3 is 9.26 Å². The first-order valence-corrected chi connectivity index (χ1v) is 7.65. The second-order valence-electron chi connectivity index (χ2n) is 4.20. The SMILES string of the molecule is CCOc1ccccc1CS(=O)Cc1cc(C)no1. The molecule has 102 valence electrons. The second kappa shape index (κ2) is 6.52. The Morgan fingerprint density at radius 1 is 1.32 bits per heavy atom.